The third-order valence-electron chi connectivity index (χ3n) is 3.72. The highest BCUT2D eigenvalue weighted by atomic mass is 19.4. The minimum absolute atomic E-state index is 0.0351. The number of rotatable bonds is 6. The largest absolute Gasteiger partial charge is 0.416 e. The van der Waals surface area contributed by atoms with Gasteiger partial charge in [-0.2, -0.15) is 13.2 Å². The number of Topliss-reactive ketones (excluding diaryl/α,β-unsaturated/α-hetero) is 1. The molecule has 0 bridgehead atoms. The highest BCUT2D eigenvalue weighted by Gasteiger charge is 2.29. The van der Waals surface area contributed by atoms with E-state index in [1.54, 1.807) is 12.1 Å². The lowest BCUT2D eigenvalue weighted by Crippen LogP contribution is -2.23. The molecule has 0 heterocycles. The first-order valence-corrected chi connectivity index (χ1v) is 7.78. The second kappa shape index (κ2) is 7.96. The van der Waals surface area contributed by atoms with Gasteiger partial charge in [0.2, 0.25) is 5.91 Å². The molecule has 3 nitrogen and oxygen atoms in total. The van der Waals surface area contributed by atoms with Gasteiger partial charge in [0.05, 0.1) is 5.56 Å². The molecular weight excluding hydrogens is 331 g/mol. The molecule has 25 heavy (non-hydrogen) atoms. The van der Waals surface area contributed by atoms with Crippen LogP contribution < -0.4 is 5.32 Å². The maximum absolute atomic E-state index is 12.5. The molecule has 0 aliphatic carbocycles. The van der Waals surface area contributed by atoms with Crippen molar-refractivity contribution in [1.82, 2.24) is 5.32 Å². The molecule has 132 valence electrons. The normalized spacial score (nSPS) is 11.2. The van der Waals surface area contributed by atoms with Crippen molar-refractivity contribution >= 4 is 11.7 Å². The van der Waals surface area contributed by atoms with Gasteiger partial charge in [-0.1, -0.05) is 42.0 Å². The summed E-state index contributed by atoms with van der Waals surface area (Å²) < 4.78 is 37.4. The van der Waals surface area contributed by atoms with Gasteiger partial charge < -0.3 is 5.32 Å². The molecule has 6 heteroatoms. The number of amides is 1. The number of halogens is 3. The van der Waals surface area contributed by atoms with E-state index in [1.807, 2.05) is 19.1 Å². The molecule has 0 radical (unpaired) electrons. The molecular formula is C19H18F3NO2. The number of carbonyl (C=O) groups excluding carboxylic acids is 2. The Balaban J connectivity index is 1.79. The molecule has 0 atom stereocenters. The molecule has 2 rings (SSSR count). The van der Waals surface area contributed by atoms with Gasteiger partial charge in [-0.25, -0.2) is 0 Å². The minimum Gasteiger partial charge on any atom is -0.352 e. The van der Waals surface area contributed by atoms with Gasteiger partial charge in [0.15, 0.2) is 5.78 Å². The van der Waals surface area contributed by atoms with Crippen LogP contribution in [0.3, 0.4) is 0 Å². The molecule has 0 unspecified atom stereocenters. The summed E-state index contributed by atoms with van der Waals surface area (Å²) in [6, 6.07) is 11.7. The Morgan fingerprint density at radius 2 is 1.52 bits per heavy atom. The number of hydrogen-bond donors (Lipinski definition) is 1. The molecule has 0 fully saturated rings. The van der Waals surface area contributed by atoms with Crippen LogP contribution in [0.25, 0.3) is 0 Å². The summed E-state index contributed by atoms with van der Waals surface area (Å²) in [7, 11) is 0. The first kappa shape index (κ1) is 18.7. The fourth-order valence-electron chi connectivity index (χ4n) is 2.21. The van der Waals surface area contributed by atoms with Crippen LogP contribution in [0.2, 0.25) is 0 Å². The van der Waals surface area contributed by atoms with Crippen molar-refractivity contribution in [3.8, 4) is 0 Å². The van der Waals surface area contributed by atoms with Crippen LogP contribution in [0.5, 0.6) is 0 Å². The maximum atomic E-state index is 12.5. The lowest BCUT2D eigenvalue weighted by atomic mass is 10.0. The molecule has 0 saturated heterocycles. The quantitative estimate of drug-likeness (QED) is 0.791. The van der Waals surface area contributed by atoms with Crippen molar-refractivity contribution in [3.63, 3.8) is 0 Å². The SMILES string of the molecule is Cc1ccc(C(=O)CCC(=O)NCc2ccc(C(F)(F)F)cc2)cc1. The van der Waals surface area contributed by atoms with E-state index in [1.165, 1.54) is 12.1 Å². The number of alkyl halides is 3. The lowest BCUT2D eigenvalue weighted by molar-refractivity contribution is -0.137. The highest BCUT2D eigenvalue weighted by molar-refractivity contribution is 5.97. The van der Waals surface area contributed by atoms with Crippen molar-refractivity contribution in [2.45, 2.75) is 32.5 Å². The van der Waals surface area contributed by atoms with Crippen molar-refractivity contribution < 1.29 is 22.8 Å². The smallest absolute Gasteiger partial charge is 0.352 e. The molecule has 0 aliphatic heterocycles. The Bertz CT molecular complexity index is 735. The summed E-state index contributed by atoms with van der Waals surface area (Å²) in [5.74, 6) is -0.440. The van der Waals surface area contributed by atoms with E-state index in [9.17, 15) is 22.8 Å². The molecule has 1 N–H and O–H groups in total. The van der Waals surface area contributed by atoms with E-state index >= 15 is 0 Å². The van der Waals surface area contributed by atoms with Crippen LogP contribution in [-0.2, 0) is 17.5 Å². The molecule has 0 spiro atoms. The molecule has 1 amide bonds. The van der Waals surface area contributed by atoms with Gasteiger partial charge >= 0.3 is 6.18 Å². The van der Waals surface area contributed by atoms with Gasteiger partial charge in [-0.15, -0.1) is 0 Å². The summed E-state index contributed by atoms with van der Waals surface area (Å²) >= 11 is 0. The number of nitrogens with one attached hydrogen (secondary N) is 1. The van der Waals surface area contributed by atoms with Crippen molar-refractivity contribution in [2.24, 2.45) is 0 Å². The van der Waals surface area contributed by atoms with Crippen LogP contribution in [-0.4, -0.2) is 11.7 Å². The van der Waals surface area contributed by atoms with Gasteiger partial charge in [-0.05, 0) is 24.6 Å². The number of benzene rings is 2. The predicted molar refractivity (Wildman–Crippen MR) is 88.0 cm³/mol. The van der Waals surface area contributed by atoms with Crippen LogP contribution in [0.1, 0.15) is 39.9 Å². The van der Waals surface area contributed by atoms with E-state index in [0.29, 0.717) is 11.1 Å². The Morgan fingerprint density at radius 3 is 2.08 bits per heavy atom. The van der Waals surface area contributed by atoms with Gasteiger partial charge in [0, 0.05) is 24.9 Å². The first-order chi connectivity index (χ1) is 11.8. The van der Waals surface area contributed by atoms with E-state index in [-0.39, 0.29) is 31.1 Å². The van der Waals surface area contributed by atoms with Gasteiger partial charge in [0.1, 0.15) is 0 Å². The second-order valence-corrected chi connectivity index (χ2v) is 5.76. The zero-order valence-corrected chi connectivity index (χ0v) is 13.7. The molecule has 0 aromatic heterocycles. The van der Waals surface area contributed by atoms with E-state index in [2.05, 4.69) is 5.32 Å². The number of ketones is 1. The third kappa shape index (κ3) is 5.74. The summed E-state index contributed by atoms with van der Waals surface area (Å²) in [6.07, 6.45) is -4.26. The van der Waals surface area contributed by atoms with Gasteiger partial charge in [-0.3, -0.25) is 9.59 Å². The number of aryl methyl sites for hydroxylation is 1. The maximum Gasteiger partial charge on any atom is 0.416 e. The Morgan fingerprint density at radius 1 is 0.920 bits per heavy atom. The fraction of sp³-hybridized carbons (Fsp3) is 0.263. The topological polar surface area (TPSA) is 46.2 Å². The average Bonchev–Trinajstić information content (AvgIpc) is 2.58. The van der Waals surface area contributed by atoms with Crippen LogP contribution in [0, 0.1) is 6.92 Å². The van der Waals surface area contributed by atoms with Crippen LogP contribution >= 0.6 is 0 Å². The molecule has 0 saturated carbocycles. The summed E-state index contributed by atoms with van der Waals surface area (Å²) in [6.45, 7) is 2.04. The molecule has 2 aromatic carbocycles. The predicted octanol–water partition coefficient (Wildman–Crippen LogP) is 4.29. The number of carbonyl (C=O) groups is 2. The Labute approximate surface area is 143 Å². The Hall–Kier alpha value is -2.63. The minimum atomic E-state index is -4.38. The average molecular weight is 349 g/mol. The van der Waals surface area contributed by atoms with Crippen molar-refractivity contribution in [2.75, 3.05) is 0 Å². The van der Waals surface area contributed by atoms with Crippen molar-refractivity contribution in [1.29, 1.82) is 0 Å². The van der Waals surface area contributed by atoms with E-state index in [4.69, 9.17) is 0 Å². The second-order valence-electron chi connectivity index (χ2n) is 5.76. The standard InChI is InChI=1S/C19H18F3NO2/c1-13-2-6-15(7-3-13)17(24)10-11-18(25)23-12-14-4-8-16(9-5-14)19(20,21)22/h2-9H,10-12H2,1H3,(H,23,25). The summed E-state index contributed by atoms with van der Waals surface area (Å²) in [5.41, 5.74) is 1.43. The fourth-order valence-corrected chi connectivity index (χ4v) is 2.21. The third-order valence-corrected chi connectivity index (χ3v) is 3.72. The van der Waals surface area contributed by atoms with E-state index < -0.39 is 11.7 Å². The lowest BCUT2D eigenvalue weighted by Gasteiger charge is -2.08. The highest BCUT2D eigenvalue weighted by Crippen LogP contribution is 2.29. The first-order valence-electron chi connectivity index (χ1n) is 7.78. The summed E-state index contributed by atoms with van der Waals surface area (Å²) in [5, 5.41) is 2.60. The monoisotopic (exact) mass is 349 g/mol. The zero-order valence-electron chi connectivity index (χ0n) is 13.7. The van der Waals surface area contributed by atoms with Crippen molar-refractivity contribution in [3.05, 3.63) is 70.8 Å². The molecule has 2 aromatic rings. The number of hydrogen-bond acceptors (Lipinski definition) is 2. The van der Waals surface area contributed by atoms with Crippen LogP contribution in [0.15, 0.2) is 48.5 Å². The Kier molecular flexibility index (Phi) is 5.96. The molecule has 0 aliphatic rings. The van der Waals surface area contributed by atoms with E-state index in [0.717, 1.165) is 17.7 Å². The van der Waals surface area contributed by atoms with Gasteiger partial charge in [0.25, 0.3) is 0 Å². The zero-order chi connectivity index (χ0) is 18.4. The van der Waals surface area contributed by atoms with Crippen LogP contribution in [0.4, 0.5) is 13.2 Å². The summed E-state index contributed by atoms with van der Waals surface area (Å²) in [4.78, 5) is 23.8.